The van der Waals surface area contributed by atoms with Gasteiger partial charge in [0.05, 0.1) is 10.5 Å². The van der Waals surface area contributed by atoms with Gasteiger partial charge in [0.1, 0.15) is 5.82 Å². The minimum absolute atomic E-state index is 0.285. The number of nitrogens with one attached hydrogen (secondary N) is 1. The molecule has 1 heterocycles. The zero-order valence-corrected chi connectivity index (χ0v) is 11.2. The average Bonchev–Trinajstić information content (AvgIpc) is 2.41. The summed E-state index contributed by atoms with van der Waals surface area (Å²) in [6.45, 7) is 0. The van der Waals surface area contributed by atoms with Crippen LogP contribution in [0.4, 0.5) is 4.39 Å². The molecule has 2 aromatic rings. The van der Waals surface area contributed by atoms with Gasteiger partial charge in [0, 0.05) is 18.0 Å². The summed E-state index contributed by atoms with van der Waals surface area (Å²) < 4.78 is 14.4. The van der Waals surface area contributed by atoms with Gasteiger partial charge in [-0.15, -0.1) is 0 Å². The maximum absolute atomic E-state index is 14.0. The fourth-order valence-electron chi connectivity index (χ4n) is 1.80. The summed E-state index contributed by atoms with van der Waals surface area (Å²) in [5, 5.41) is 0. The Morgan fingerprint density at radius 2 is 2.17 bits per heavy atom. The molecule has 0 aliphatic rings. The summed E-state index contributed by atoms with van der Waals surface area (Å²) in [5.74, 6) is 5.23. The normalized spacial score (nSPS) is 12.4. The molecule has 5 heteroatoms. The highest BCUT2D eigenvalue weighted by Gasteiger charge is 2.16. The van der Waals surface area contributed by atoms with Crippen molar-refractivity contribution in [2.45, 2.75) is 12.5 Å². The Morgan fingerprint density at radius 1 is 1.33 bits per heavy atom. The van der Waals surface area contributed by atoms with Crippen molar-refractivity contribution in [1.82, 2.24) is 10.4 Å². The Bertz CT molecular complexity index is 519. The fourth-order valence-corrected chi connectivity index (χ4v) is 2.18. The maximum Gasteiger partial charge on any atom is 0.142 e. The quantitative estimate of drug-likeness (QED) is 0.674. The van der Waals surface area contributed by atoms with Crippen LogP contribution >= 0.6 is 15.9 Å². The predicted molar refractivity (Wildman–Crippen MR) is 72.1 cm³/mol. The van der Waals surface area contributed by atoms with E-state index in [1.165, 1.54) is 0 Å². The molecule has 0 saturated carbocycles. The SMILES string of the molecule is NNC(Cc1cccnc1)c1cccc(Br)c1F. The number of rotatable bonds is 4. The van der Waals surface area contributed by atoms with E-state index in [1.54, 1.807) is 30.6 Å². The van der Waals surface area contributed by atoms with Crippen LogP contribution in [-0.4, -0.2) is 4.98 Å². The smallest absolute Gasteiger partial charge is 0.142 e. The van der Waals surface area contributed by atoms with Crippen molar-refractivity contribution in [2.24, 2.45) is 5.84 Å². The van der Waals surface area contributed by atoms with Gasteiger partial charge in [-0.1, -0.05) is 18.2 Å². The molecule has 3 N–H and O–H groups in total. The molecule has 0 fully saturated rings. The van der Waals surface area contributed by atoms with E-state index in [0.29, 0.717) is 16.5 Å². The van der Waals surface area contributed by atoms with Crippen LogP contribution in [-0.2, 0) is 6.42 Å². The molecular weight excluding hydrogens is 297 g/mol. The molecule has 0 aliphatic heterocycles. The van der Waals surface area contributed by atoms with Crippen LogP contribution in [0.3, 0.4) is 0 Å². The molecule has 0 aliphatic carbocycles. The lowest BCUT2D eigenvalue weighted by molar-refractivity contribution is 0.508. The first-order valence-electron chi connectivity index (χ1n) is 5.51. The molecule has 3 nitrogen and oxygen atoms in total. The van der Waals surface area contributed by atoms with E-state index in [-0.39, 0.29) is 11.9 Å². The second-order valence-corrected chi connectivity index (χ2v) is 4.78. The second kappa shape index (κ2) is 6.04. The van der Waals surface area contributed by atoms with Crippen LogP contribution in [0.25, 0.3) is 0 Å². The van der Waals surface area contributed by atoms with Crippen molar-refractivity contribution < 1.29 is 4.39 Å². The first kappa shape index (κ1) is 13.1. The van der Waals surface area contributed by atoms with Crippen LogP contribution in [0.5, 0.6) is 0 Å². The maximum atomic E-state index is 14.0. The standard InChI is InChI=1S/C13H13BrFN3/c14-11-5-1-4-10(13(11)15)12(18-16)7-9-3-2-6-17-8-9/h1-6,8,12,18H,7,16H2. The van der Waals surface area contributed by atoms with Crippen LogP contribution in [0.15, 0.2) is 47.2 Å². The van der Waals surface area contributed by atoms with Crippen molar-refractivity contribution in [3.05, 3.63) is 64.1 Å². The van der Waals surface area contributed by atoms with Gasteiger partial charge in [-0.25, -0.2) is 4.39 Å². The summed E-state index contributed by atoms with van der Waals surface area (Å²) in [6.07, 6.45) is 4.03. The first-order chi connectivity index (χ1) is 8.72. The van der Waals surface area contributed by atoms with Crippen LogP contribution < -0.4 is 11.3 Å². The fraction of sp³-hybridized carbons (Fsp3) is 0.154. The first-order valence-corrected chi connectivity index (χ1v) is 6.30. The minimum atomic E-state index is -0.288. The molecule has 94 valence electrons. The summed E-state index contributed by atoms with van der Waals surface area (Å²) >= 11 is 3.17. The number of pyridine rings is 1. The Labute approximate surface area is 113 Å². The lowest BCUT2D eigenvalue weighted by Crippen LogP contribution is -2.30. The summed E-state index contributed by atoms with van der Waals surface area (Å²) in [6, 6.07) is 8.67. The molecule has 1 atom stereocenters. The summed E-state index contributed by atoms with van der Waals surface area (Å²) in [5.41, 5.74) is 4.18. The van der Waals surface area contributed by atoms with E-state index in [4.69, 9.17) is 5.84 Å². The lowest BCUT2D eigenvalue weighted by atomic mass is 10.00. The topological polar surface area (TPSA) is 50.9 Å². The van der Waals surface area contributed by atoms with E-state index < -0.39 is 0 Å². The van der Waals surface area contributed by atoms with Crippen molar-refractivity contribution in [2.75, 3.05) is 0 Å². The summed E-state index contributed by atoms with van der Waals surface area (Å²) in [7, 11) is 0. The van der Waals surface area contributed by atoms with Crippen LogP contribution in [0, 0.1) is 5.82 Å². The van der Waals surface area contributed by atoms with Gasteiger partial charge in [-0.05, 0) is 40.0 Å². The van der Waals surface area contributed by atoms with Gasteiger partial charge in [-0.2, -0.15) is 0 Å². The van der Waals surface area contributed by atoms with E-state index in [2.05, 4.69) is 26.3 Å². The van der Waals surface area contributed by atoms with Crippen LogP contribution in [0.2, 0.25) is 0 Å². The van der Waals surface area contributed by atoms with Gasteiger partial charge in [0.15, 0.2) is 0 Å². The van der Waals surface area contributed by atoms with Crippen molar-refractivity contribution >= 4 is 15.9 Å². The number of benzene rings is 1. The van der Waals surface area contributed by atoms with Gasteiger partial charge < -0.3 is 0 Å². The average molecular weight is 310 g/mol. The zero-order valence-electron chi connectivity index (χ0n) is 9.61. The molecule has 18 heavy (non-hydrogen) atoms. The number of halogens is 2. The largest absolute Gasteiger partial charge is 0.271 e. The molecule has 0 saturated heterocycles. The molecular formula is C13H13BrFN3. The third-order valence-corrected chi connectivity index (χ3v) is 3.33. The molecule has 1 unspecified atom stereocenters. The zero-order chi connectivity index (χ0) is 13.0. The number of hydrogen-bond acceptors (Lipinski definition) is 3. The molecule has 2 rings (SSSR count). The highest BCUT2D eigenvalue weighted by Crippen LogP contribution is 2.25. The van der Waals surface area contributed by atoms with Gasteiger partial charge in [-0.3, -0.25) is 16.3 Å². The number of hydrazine groups is 1. The van der Waals surface area contributed by atoms with Gasteiger partial charge in [0.25, 0.3) is 0 Å². The highest BCUT2D eigenvalue weighted by molar-refractivity contribution is 9.10. The second-order valence-electron chi connectivity index (χ2n) is 3.93. The van der Waals surface area contributed by atoms with Gasteiger partial charge in [0.2, 0.25) is 0 Å². The number of hydrogen-bond donors (Lipinski definition) is 2. The number of nitrogens with two attached hydrogens (primary N) is 1. The highest BCUT2D eigenvalue weighted by atomic mass is 79.9. The Morgan fingerprint density at radius 3 is 2.83 bits per heavy atom. The van der Waals surface area contributed by atoms with Crippen molar-refractivity contribution in [1.29, 1.82) is 0 Å². The molecule has 0 radical (unpaired) electrons. The van der Waals surface area contributed by atoms with Gasteiger partial charge >= 0.3 is 0 Å². The Hall–Kier alpha value is -1.30. The predicted octanol–water partition coefficient (Wildman–Crippen LogP) is 2.73. The van der Waals surface area contributed by atoms with Crippen molar-refractivity contribution in [3.8, 4) is 0 Å². The van der Waals surface area contributed by atoms with Crippen molar-refractivity contribution in [3.63, 3.8) is 0 Å². The summed E-state index contributed by atoms with van der Waals surface area (Å²) in [4.78, 5) is 4.03. The molecule has 0 amide bonds. The monoisotopic (exact) mass is 309 g/mol. The Kier molecular flexibility index (Phi) is 4.41. The third kappa shape index (κ3) is 2.93. The molecule has 1 aromatic carbocycles. The van der Waals surface area contributed by atoms with E-state index in [1.807, 2.05) is 12.1 Å². The van der Waals surface area contributed by atoms with Crippen LogP contribution in [0.1, 0.15) is 17.2 Å². The number of aromatic nitrogens is 1. The molecule has 0 spiro atoms. The molecule has 0 bridgehead atoms. The van der Waals surface area contributed by atoms with E-state index in [0.717, 1.165) is 5.56 Å². The molecule has 1 aromatic heterocycles. The number of nitrogens with zero attached hydrogens (tertiary/aromatic N) is 1. The van der Waals surface area contributed by atoms with E-state index in [9.17, 15) is 4.39 Å². The third-order valence-electron chi connectivity index (χ3n) is 2.72. The Balaban J connectivity index is 2.26. The van der Waals surface area contributed by atoms with E-state index >= 15 is 0 Å². The lowest BCUT2D eigenvalue weighted by Gasteiger charge is -2.17. The minimum Gasteiger partial charge on any atom is -0.271 e.